The number of hydrogen-bond donors (Lipinski definition) is 1. The highest BCUT2D eigenvalue weighted by Gasteiger charge is 1.99. The Bertz CT molecular complexity index is 498. The first kappa shape index (κ1) is 13.3. The molecule has 1 aromatic heterocycles. The lowest BCUT2D eigenvalue weighted by molar-refractivity contribution is 0.327. The Morgan fingerprint density at radius 3 is 2.11 bits per heavy atom. The van der Waals surface area contributed by atoms with Crippen LogP contribution in [0.4, 0.5) is 0 Å². The summed E-state index contributed by atoms with van der Waals surface area (Å²) in [7, 11) is 1.65. The van der Waals surface area contributed by atoms with E-state index in [1.807, 2.05) is 24.3 Å². The van der Waals surface area contributed by atoms with Crippen molar-refractivity contribution in [2.75, 3.05) is 25.7 Å². The molecular weight excluding hydrogens is 240 g/mol. The molecule has 0 aliphatic heterocycles. The average molecular weight is 260 g/mol. The fraction of sp³-hybridized carbons (Fsp3) is 0.333. The smallest absolute Gasteiger partial charge is 0.119 e. The molecule has 0 unspecified atom stereocenters. The lowest BCUT2D eigenvalue weighted by Crippen LogP contribution is -2.22. The maximum absolute atomic E-state index is 5.65. The maximum atomic E-state index is 5.65. The van der Waals surface area contributed by atoms with Gasteiger partial charge < -0.3 is 14.9 Å². The predicted octanol–water partition coefficient (Wildman–Crippen LogP) is 2.74. The standard InChI is InChI=1S/C15H20N2O2/c1-12-4-5-13(2)17(12)16-10-11-19-15-8-6-14(18-3)7-9-15/h4-9,16H,10-11H2,1-3H3. The van der Waals surface area contributed by atoms with Gasteiger partial charge in [-0.05, 0) is 50.2 Å². The first-order valence-electron chi connectivity index (χ1n) is 6.36. The summed E-state index contributed by atoms with van der Waals surface area (Å²) >= 11 is 0. The first-order chi connectivity index (χ1) is 9.20. The zero-order valence-corrected chi connectivity index (χ0v) is 11.6. The van der Waals surface area contributed by atoms with Crippen LogP contribution < -0.4 is 14.9 Å². The number of hydrogen-bond acceptors (Lipinski definition) is 3. The monoisotopic (exact) mass is 260 g/mol. The topological polar surface area (TPSA) is 35.4 Å². The van der Waals surface area contributed by atoms with E-state index in [0.717, 1.165) is 18.0 Å². The minimum absolute atomic E-state index is 0.614. The van der Waals surface area contributed by atoms with Gasteiger partial charge in [-0.3, -0.25) is 4.68 Å². The van der Waals surface area contributed by atoms with Crippen molar-refractivity contribution in [3.05, 3.63) is 47.8 Å². The first-order valence-corrected chi connectivity index (χ1v) is 6.36. The number of ether oxygens (including phenoxy) is 2. The summed E-state index contributed by atoms with van der Waals surface area (Å²) in [6.07, 6.45) is 0. The van der Waals surface area contributed by atoms with Crippen LogP contribution in [0.15, 0.2) is 36.4 Å². The highest BCUT2D eigenvalue weighted by Crippen LogP contribution is 2.16. The largest absolute Gasteiger partial charge is 0.497 e. The van der Waals surface area contributed by atoms with Crippen molar-refractivity contribution in [3.8, 4) is 11.5 Å². The Hall–Kier alpha value is -2.10. The molecule has 4 nitrogen and oxygen atoms in total. The second kappa shape index (κ2) is 6.18. The highest BCUT2D eigenvalue weighted by atomic mass is 16.5. The summed E-state index contributed by atoms with van der Waals surface area (Å²) < 4.78 is 12.8. The third-order valence-corrected chi connectivity index (χ3v) is 2.97. The van der Waals surface area contributed by atoms with Crippen LogP contribution in [0.2, 0.25) is 0 Å². The number of benzene rings is 1. The molecule has 0 saturated heterocycles. The molecule has 19 heavy (non-hydrogen) atoms. The fourth-order valence-electron chi connectivity index (χ4n) is 1.92. The van der Waals surface area contributed by atoms with Crippen LogP contribution in [0.1, 0.15) is 11.4 Å². The van der Waals surface area contributed by atoms with Crippen LogP contribution in [-0.2, 0) is 0 Å². The van der Waals surface area contributed by atoms with Gasteiger partial charge in [0.15, 0.2) is 0 Å². The molecular formula is C15H20N2O2. The van der Waals surface area contributed by atoms with Gasteiger partial charge in [0.05, 0.1) is 13.7 Å². The maximum Gasteiger partial charge on any atom is 0.119 e. The van der Waals surface area contributed by atoms with E-state index >= 15 is 0 Å². The Labute approximate surface area is 113 Å². The Morgan fingerprint density at radius 1 is 0.947 bits per heavy atom. The van der Waals surface area contributed by atoms with Gasteiger partial charge in [-0.25, -0.2) is 0 Å². The van der Waals surface area contributed by atoms with Crippen LogP contribution in [0, 0.1) is 13.8 Å². The molecule has 0 atom stereocenters. The number of aryl methyl sites for hydroxylation is 2. The van der Waals surface area contributed by atoms with Gasteiger partial charge in [-0.1, -0.05) is 0 Å². The predicted molar refractivity (Wildman–Crippen MR) is 76.6 cm³/mol. The second-order valence-electron chi connectivity index (χ2n) is 4.38. The summed E-state index contributed by atoms with van der Waals surface area (Å²) in [6, 6.07) is 11.8. The second-order valence-corrected chi connectivity index (χ2v) is 4.38. The van der Waals surface area contributed by atoms with Crippen molar-refractivity contribution in [1.82, 2.24) is 4.68 Å². The minimum atomic E-state index is 0.614. The molecule has 0 spiro atoms. The summed E-state index contributed by atoms with van der Waals surface area (Å²) in [5.41, 5.74) is 5.71. The molecule has 4 heteroatoms. The summed E-state index contributed by atoms with van der Waals surface area (Å²) in [5, 5.41) is 0. The number of nitrogens with zero attached hydrogens (tertiary/aromatic N) is 1. The summed E-state index contributed by atoms with van der Waals surface area (Å²) in [5.74, 6) is 1.69. The number of rotatable bonds is 6. The van der Waals surface area contributed by atoms with Gasteiger partial charge in [0.2, 0.25) is 0 Å². The van der Waals surface area contributed by atoms with Crippen molar-refractivity contribution >= 4 is 0 Å². The van der Waals surface area contributed by atoms with Gasteiger partial charge in [0.25, 0.3) is 0 Å². The van der Waals surface area contributed by atoms with Crippen molar-refractivity contribution < 1.29 is 9.47 Å². The van der Waals surface area contributed by atoms with Crippen molar-refractivity contribution in [2.45, 2.75) is 13.8 Å². The quantitative estimate of drug-likeness (QED) is 0.811. The molecule has 1 N–H and O–H groups in total. The lowest BCUT2D eigenvalue weighted by atomic mass is 10.3. The molecule has 0 bridgehead atoms. The van der Waals surface area contributed by atoms with Crippen LogP contribution in [-0.4, -0.2) is 24.9 Å². The minimum Gasteiger partial charge on any atom is -0.497 e. The van der Waals surface area contributed by atoms with Crippen molar-refractivity contribution in [2.24, 2.45) is 0 Å². The molecule has 0 aliphatic carbocycles. The van der Waals surface area contributed by atoms with E-state index in [2.05, 4.69) is 36.1 Å². The third-order valence-electron chi connectivity index (χ3n) is 2.97. The van der Waals surface area contributed by atoms with Gasteiger partial charge in [0, 0.05) is 11.4 Å². The van der Waals surface area contributed by atoms with Crippen LogP contribution in [0.3, 0.4) is 0 Å². The zero-order valence-electron chi connectivity index (χ0n) is 11.6. The van der Waals surface area contributed by atoms with Crippen molar-refractivity contribution in [3.63, 3.8) is 0 Å². The van der Waals surface area contributed by atoms with E-state index in [4.69, 9.17) is 9.47 Å². The molecule has 1 aromatic carbocycles. The number of nitrogens with one attached hydrogen (secondary N) is 1. The van der Waals surface area contributed by atoms with Crippen LogP contribution >= 0.6 is 0 Å². The molecule has 1 heterocycles. The van der Waals surface area contributed by atoms with E-state index in [1.54, 1.807) is 7.11 Å². The van der Waals surface area contributed by atoms with Gasteiger partial charge in [0.1, 0.15) is 18.1 Å². The zero-order chi connectivity index (χ0) is 13.7. The summed E-state index contributed by atoms with van der Waals surface area (Å²) in [6.45, 7) is 5.51. The molecule has 0 amide bonds. The van der Waals surface area contributed by atoms with E-state index in [-0.39, 0.29) is 0 Å². The molecule has 0 fully saturated rings. The van der Waals surface area contributed by atoms with Gasteiger partial charge in [-0.15, -0.1) is 0 Å². The fourth-order valence-corrected chi connectivity index (χ4v) is 1.92. The average Bonchev–Trinajstić information content (AvgIpc) is 2.75. The lowest BCUT2D eigenvalue weighted by Gasteiger charge is -2.13. The van der Waals surface area contributed by atoms with Gasteiger partial charge >= 0.3 is 0 Å². The Kier molecular flexibility index (Phi) is 4.34. The molecule has 102 valence electrons. The van der Waals surface area contributed by atoms with Gasteiger partial charge in [-0.2, -0.15) is 0 Å². The molecule has 0 saturated carbocycles. The van der Waals surface area contributed by atoms with Crippen molar-refractivity contribution in [1.29, 1.82) is 0 Å². The van der Waals surface area contributed by atoms with E-state index in [0.29, 0.717) is 6.61 Å². The third kappa shape index (κ3) is 3.44. The Morgan fingerprint density at radius 2 is 1.53 bits per heavy atom. The van der Waals surface area contributed by atoms with E-state index in [9.17, 15) is 0 Å². The van der Waals surface area contributed by atoms with Crippen LogP contribution in [0.5, 0.6) is 11.5 Å². The molecule has 2 aromatic rings. The van der Waals surface area contributed by atoms with E-state index < -0.39 is 0 Å². The van der Waals surface area contributed by atoms with Crippen LogP contribution in [0.25, 0.3) is 0 Å². The SMILES string of the molecule is COc1ccc(OCCNn2c(C)ccc2C)cc1. The molecule has 2 rings (SSSR count). The molecule has 0 radical (unpaired) electrons. The summed E-state index contributed by atoms with van der Waals surface area (Å²) in [4.78, 5) is 0. The normalized spacial score (nSPS) is 10.3. The highest BCUT2D eigenvalue weighted by molar-refractivity contribution is 5.31. The number of aromatic nitrogens is 1. The van der Waals surface area contributed by atoms with E-state index in [1.165, 1.54) is 11.4 Å². The number of methoxy groups -OCH3 is 1. The molecule has 0 aliphatic rings. The Balaban J connectivity index is 1.77.